The fraction of sp³-hybridized carbons (Fsp3) is 0.684. The molecule has 0 unspecified atom stereocenters. The average Bonchev–Trinajstić information content (AvgIpc) is 2.88. The number of aryl methyl sites for hydroxylation is 2. The summed E-state index contributed by atoms with van der Waals surface area (Å²) in [6.45, 7) is 22.3. The summed E-state index contributed by atoms with van der Waals surface area (Å²) in [6, 6.07) is 8.99. The van der Waals surface area contributed by atoms with E-state index in [9.17, 15) is 4.89 Å². The van der Waals surface area contributed by atoms with Crippen LogP contribution >= 0.6 is 7.94 Å². The first-order valence-corrected chi connectivity index (χ1v) is 18.7. The molecule has 0 radical (unpaired) electrons. The molecule has 3 nitrogen and oxygen atoms in total. The van der Waals surface area contributed by atoms with Gasteiger partial charge in [-0.25, -0.2) is 0 Å². The van der Waals surface area contributed by atoms with Crippen molar-refractivity contribution >= 4 is 7.94 Å². The average molecular weight is 598 g/mol. The Morgan fingerprint density at radius 1 is 0.619 bits per heavy atom. The second kappa shape index (κ2) is 14.9. The molecule has 1 heterocycles. The van der Waals surface area contributed by atoms with Crippen LogP contribution in [0, 0.1) is 13.8 Å². The minimum Gasteiger partial charge on any atom is -0.277 e. The lowest BCUT2D eigenvalue weighted by atomic mass is 9.79. The van der Waals surface area contributed by atoms with E-state index in [0.717, 1.165) is 46.6 Å². The van der Waals surface area contributed by atoms with E-state index >= 15 is 0 Å². The predicted molar refractivity (Wildman–Crippen MR) is 184 cm³/mol. The molecular formula is C38H62O3P+. The van der Waals surface area contributed by atoms with Crippen LogP contribution in [0.3, 0.4) is 0 Å². The Bertz CT molecular complexity index is 1080. The van der Waals surface area contributed by atoms with Gasteiger partial charge in [0.05, 0.1) is 0 Å². The Kier molecular flexibility index (Phi) is 12.4. The quantitative estimate of drug-likeness (QED) is 0.184. The van der Waals surface area contributed by atoms with Crippen molar-refractivity contribution in [2.24, 2.45) is 0 Å². The van der Waals surface area contributed by atoms with Crippen LogP contribution in [0.15, 0.2) is 24.3 Å². The lowest BCUT2D eigenvalue weighted by Crippen LogP contribution is -2.24. The van der Waals surface area contributed by atoms with E-state index in [0.29, 0.717) is 6.16 Å². The van der Waals surface area contributed by atoms with Gasteiger partial charge in [0.1, 0.15) is 0 Å². The number of unbranched alkanes of at least 4 members (excludes halogenated alkanes) is 11. The second-order valence-electron chi connectivity index (χ2n) is 15.1. The van der Waals surface area contributed by atoms with Gasteiger partial charge in [0, 0.05) is 28.2 Å². The summed E-state index contributed by atoms with van der Waals surface area (Å²) in [4.78, 5) is 12.3. The van der Waals surface area contributed by atoms with Gasteiger partial charge in [0.15, 0.2) is 17.7 Å². The van der Waals surface area contributed by atoms with E-state index in [1.807, 2.05) is 0 Å². The van der Waals surface area contributed by atoms with E-state index in [-0.39, 0.29) is 16.7 Å². The lowest BCUT2D eigenvalue weighted by molar-refractivity contribution is 0.328. The SMILES string of the molecule is CCCCCCCCCCCCCC[P+]1(O)Oc2c(cc(C)cc2C(C)(C)C)C(C)c2cc(C)cc(C(C)(C)C)c2O1. The van der Waals surface area contributed by atoms with Gasteiger partial charge in [0.2, 0.25) is 0 Å². The highest BCUT2D eigenvalue weighted by molar-refractivity contribution is 7.61. The summed E-state index contributed by atoms with van der Waals surface area (Å²) in [5.41, 5.74) is 6.81. The smallest absolute Gasteiger partial charge is 0.277 e. The summed E-state index contributed by atoms with van der Waals surface area (Å²) in [5.74, 6) is 1.75. The van der Waals surface area contributed by atoms with Gasteiger partial charge >= 0.3 is 7.94 Å². The van der Waals surface area contributed by atoms with Gasteiger partial charge in [-0.1, -0.05) is 155 Å². The zero-order valence-corrected chi connectivity index (χ0v) is 29.7. The molecule has 2 aromatic carbocycles. The van der Waals surface area contributed by atoms with Crippen molar-refractivity contribution in [2.45, 2.75) is 163 Å². The fourth-order valence-electron chi connectivity index (χ4n) is 6.28. The van der Waals surface area contributed by atoms with Crippen molar-refractivity contribution in [1.82, 2.24) is 0 Å². The molecular weight excluding hydrogens is 535 g/mol. The summed E-state index contributed by atoms with van der Waals surface area (Å²) in [6.07, 6.45) is 16.0. The maximum Gasteiger partial charge on any atom is 0.495 e. The monoisotopic (exact) mass is 597 g/mol. The van der Waals surface area contributed by atoms with E-state index in [1.54, 1.807) is 0 Å². The molecule has 236 valence electrons. The molecule has 0 saturated carbocycles. The minimum atomic E-state index is -3.23. The van der Waals surface area contributed by atoms with Crippen molar-refractivity contribution in [3.63, 3.8) is 0 Å². The summed E-state index contributed by atoms with van der Waals surface area (Å²) in [7, 11) is -3.23. The van der Waals surface area contributed by atoms with Gasteiger partial charge in [0.25, 0.3) is 0 Å². The number of hydrogen-bond donors (Lipinski definition) is 1. The standard InChI is InChI=1S/C38H62O3P/c1-11-12-13-14-15-16-17-18-19-20-21-22-23-42(39)40-35-31(24-28(2)26-33(35)37(5,6)7)30(4)32-25-29(3)27-34(36(32)41-42)38(8,9)10/h24-27,30,39H,11-23H2,1-10H3/q+1. The van der Waals surface area contributed by atoms with Crippen LogP contribution in [0.5, 0.6) is 11.5 Å². The molecule has 2 aromatic rings. The van der Waals surface area contributed by atoms with Crippen molar-refractivity contribution in [2.75, 3.05) is 6.16 Å². The van der Waals surface area contributed by atoms with E-state index < -0.39 is 7.94 Å². The number of fused-ring (bicyclic) bond motifs is 2. The molecule has 0 bridgehead atoms. The van der Waals surface area contributed by atoms with Crippen LogP contribution in [-0.2, 0) is 10.8 Å². The first kappa shape index (κ1) is 34.9. The van der Waals surface area contributed by atoms with Gasteiger partial charge in [-0.05, 0) is 37.5 Å². The van der Waals surface area contributed by atoms with Crippen molar-refractivity contribution in [1.29, 1.82) is 0 Å². The number of rotatable bonds is 13. The lowest BCUT2D eigenvalue weighted by Gasteiger charge is -2.33. The molecule has 1 aliphatic rings. The zero-order valence-electron chi connectivity index (χ0n) is 28.8. The Morgan fingerprint density at radius 3 is 1.33 bits per heavy atom. The van der Waals surface area contributed by atoms with Gasteiger partial charge in [-0.2, -0.15) is 4.89 Å². The molecule has 1 aliphatic heterocycles. The molecule has 0 saturated heterocycles. The topological polar surface area (TPSA) is 38.7 Å². The summed E-state index contributed by atoms with van der Waals surface area (Å²) in [5, 5.41) is 0. The second-order valence-corrected chi connectivity index (χ2v) is 17.2. The Morgan fingerprint density at radius 2 is 0.976 bits per heavy atom. The third kappa shape index (κ3) is 9.46. The third-order valence-electron chi connectivity index (χ3n) is 8.84. The van der Waals surface area contributed by atoms with Crippen LogP contribution in [0.25, 0.3) is 0 Å². The van der Waals surface area contributed by atoms with Crippen LogP contribution < -0.4 is 9.05 Å². The number of benzene rings is 2. The van der Waals surface area contributed by atoms with E-state index in [2.05, 4.69) is 93.5 Å². The highest BCUT2D eigenvalue weighted by Gasteiger charge is 2.49. The van der Waals surface area contributed by atoms with Crippen molar-refractivity contribution in [3.8, 4) is 11.5 Å². The highest BCUT2D eigenvalue weighted by atomic mass is 31.2. The molecule has 42 heavy (non-hydrogen) atoms. The third-order valence-corrected chi connectivity index (χ3v) is 10.7. The Balaban J connectivity index is 1.84. The Labute approximate surface area is 259 Å². The maximum absolute atomic E-state index is 12.3. The normalized spacial score (nSPS) is 18.9. The minimum absolute atomic E-state index is 0.0809. The molecule has 4 heteroatoms. The molecule has 3 rings (SSSR count). The number of hydrogen-bond acceptors (Lipinski definition) is 3. The highest BCUT2D eigenvalue weighted by Crippen LogP contribution is 2.63. The maximum atomic E-state index is 12.3. The first-order valence-electron chi connectivity index (χ1n) is 17.0. The largest absolute Gasteiger partial charge is 0.495 e. The molecule has 0 atom stereocenters. The molecule has 0 aromatic heterocycles. The van der Waals surface area contributed by atoms with Crippen LogP contribution in [0.2, 0.25) is 0 Å². The van der Waals surface area contributed by atoms with E-state index in [1.165, 1.54) is 75.3 Å². The van der Waals surface area contributed by atoms with E-state index in [4.69, 9.17) is 9.05 Å². The molecule has 0 spiro atoms. The summed E-state index contributed by atoms with van der Waals surface area (Å²) < 4.78 is 13.6. The Hall–Kier alpha value is -1.57. The zero-order chi connectivity index (χ0) is 31.1. The van der Waals surface area contributed by atoms with Crippen LogP contribution in [0.1, 0.15) is 172 Å². The predicted octanol–water partition coefficient (Wildman–Crippen LogP) is 12.3. The first-order chi connectivity index (χ1) is 19.7. The van der Waals surface area contributed by atoms with Gasteiger partial charge < -0.3 is 0 Å². The van der Waals surface area contributed by atoms with Crippen molar-refractivity contribution < 1.29 is 13.9 Å². The van der Waals surface area contributed by atoms with Gasteiger partial charge in [-0.3, -0.25) is 9.05 Å². The molecule has 0 fully saturated rings. The van der Waals surface area contributed by atoms with Crippen LogP contribution in [-0.4, -0.2) is 11.1 Å². The summed E-state index contributed by atoms with van der Waals surface area (Å²) >= 11 is 0. The fourth-order valence-corrected chi connectivity index (χ4v) is 8.10. The van der Waals surface area contributed by atoms with Gasteiger partial charge in [-0.15, -0.1) is 0 Å². The molecule has 1 N–H and O–H groups in total. The van der Waals surface area contributed by atoms with Crippen molar-refractivity contribution in [3.05, 3.63) is 57.6 Å². The molecule has 0 aliphatic carbocycles. The molecule has 0 amide bonds. The van der Waals surface area contributed by atoms with Crippen LogP contribution in [0.4, 0.5) is 0 Å².